The lowest BCUT2D eigenvalue weighted by molar-refractivity contribution is 0.0845. The molecular weight excluding hydrogens is 391 g/mol. The van der Waals surface area contributed by atoms with Crippen molar-refractivity contribution >= 4 is 11.8 Å². The van der Waals surface area contributed by atoms with Gasteiger partial charge in [0.15, 0.2) is 11.5 Å². The van der Waals surface area contributed by atoms with Crippen LogP contribution in [0.5, 0.6) is 11.5 Å². The van der Waals surface area contributed by atoms with Gasteiger partial charge in [0.1, 0.15) is 5.82 Å². The van der Waals surface area contributed by atoms with Crippen LogP contribution in [0, 0.1) is 19.7 Å². The maximum atomic E-state index is 13.2. The van der Waals surface area contributed by atoms with Gasteiger partial charge in [0.25, 0.3) is 11.8 Å². The minimum Gasteiger partial charge on any atom is -0.493 e. The number of nitrogens with one attached hydrogen (secondary N) is 2. The predicted molar refractivity (Wildman–Crippen MR) is 107 cm³/mol. The number of benzene rings is 2. The van der Waals surface area contributed by atoms with Crippen molar-refractivity contribution in [2.24, 2.45) is 0 Å². The van der Waals surface area contributed by atoms with Crippen LogP contribution in [-0.2, 0) is 0 Å². The number of hydrogen-bond acceptors (Lipinski definition) is 5. The number of ether oxygens (including phenoxy) is 2. The van der Waals surface area contributed by atoms with Gasteiger partial charge in [0, 0.05) is 5.56 Å². The van der Waals surface area contributed by atoms with Crippen molar-refractivity contribution < 1.29 is 23.5 Å². The number of rotatable bonds is 5. The molecule has 0 aliphatic carbocycles. The Kier molecular flexibility index (Phi) is 6.01. The van der Waals surface area contributed by atoms with E-state index in [0.717, 1.165) is 0 Å². The van der Waals surface area contributed by atoms with Crippen molar-refractivity contribution in [3.8, 4) is 17.2 Å². The summed E-state index contributed by atoms with van der Waals surface area (Å²) >= 11 is 0. The lowest BCUT2D eigenvalue weighted by Crippen LogP contribution is -2.42. The van der Waals surface area contributed by atoms with Gasteiger partial charge in [0.05, 0.1) is 36.9 Å². The Hall–Kier alpha value is -3.88. The van der Waals surface area contributed by atoms with E-state index in [9.17, 15) is 14.0 Å². The highest BCUT2D eigenvalue weighted by Crippen LogP contribution is 2.27. The highest BCUT2D eigenvalue weighted by atomic mass is 19.1. The molecule has 30 heavy (non-hydrogen) atoms. The monoisotopic (exact) mass is 412 g/mol. The van der Waals surface area contributed by atoms with E-state index < -0.39 is 11.8 Å². The lowest BCUT2D eigenvalue weighted by Gasteiger charge is -2.11. The van der Waals surface area contributed by atoms with Crippen LogP contribution in [0.1, 0.15) is 32.1 Å². The second-order valence-corrected chi connectivity index (χ2v) is 6.41. The number of carbonyl (C=O) groups is 2. The Morgan fingerprint density at radius 3 is 2.20 bits per heavy atom. The third-order valence-electron chi connectivity index (χ3n) is 4.52. The molecule has 0 bridgehead atoms. The number of methoxy groups -OCH3 is 2. The number of halogens is 1. The van der Waals surface area contributed by atoms with Gasteiger partial charge >= 0.3 is 0 Å². The first-order valence-corrected chi connectivity index (χ1v) is 9.00. The zero-order valence-corrected chi connectivity index (χ0v) is 16.9. The average Bonchev–Trinajstić information content (AvgIpc) is 3.05. The Labute approximate surface area is 172 Å². The van der Waals surface area contributed by atoms with Gasteiger partial charge in [-0.1, -0.05) is 0 Å². The Morgan fingerprint density at radius 2 is 1.57 bits per heavy atom. The molecule has 9 heteroatoms. The number of hydrazine groups is 1. The van der Waals surface area contributed by atoms with Crippen LogP contribution in [0.2, 0.25) is 0 Å². The molecule has 0 fully saturated rings. The van der Waals surface area contributed by atoms with E-state index in [1.807, 2.05) is 0 Å². The first kappa shape index (κ1) is 20.8. The zero-order valence-electron chi connectivity index (χ0n) is 16.9. The third-order valence-corrected chi connectivity index (χ3v) is 4.52. The van der Waals surface area contributed by atoms with Crippen molar-refractivity contribution in [2.45, 2.75) is 13.8 Å². The van der Waals surface area contributed by atoms with Crippen LogP contribution in [0.3, 0.4) is 0 Å². The molecule has 1 aromatic heterocycles. The minimum absolute atomic E-state index is 0.281. The molecule has 8 nitrogen and oxygen atoms in total. The summed E-state index contributed by atoms with van der Waals surface area (Å²) in [6, 6.07) is 10.4. The number of hydrogen-bond donors (Lipinski definition) is 2. The van der Waals surface area contributed by atoms with Crippen molar-refractivity contribution in [3.63, 3.8) is 0 Å². The van der Waals surface area contributed by atoms with Crippen molar-refractivity contribution in [2.75, 3.05) is 14.2 Å². The van der Waals surface area contributed by atoms with E-state index in [1.54, 1.807) is 42.8 Å². The van der Waals surface area contributed by atoms with E-state index in [1.165, 1.54) is 32.4 Å². The maximum Gasteiger partial charge on any atom is 0.273 e. The third kappa shape index (κ3) is 4.09. The fraction of sp³-hybridized carbons (Fsp3) is 0.190. The summed E-state index contributed by atoms with van der Waals surface area (Å²) in [5, 5.41) is 4.35. The molecule has 1 heterocycles. The number of aromatic nitrogens is 2. The summed E-state index contributed by atoms with van der Waals surface area (Å²) in [6.07, 6.45) is 0. The predicted octanol–water partition coefficient (Wildman–Crippen LogP) is 2.72. The molecule has 0 saturated heterocycles. The van der Waals surface area contributed by atoms with E-state index in [4.69, 9.17) is 9.47 Å². The van der Waals surface area contributed by atoms with E-state index in [0.29, 0.717) is 34.1 Å². The summed E-state index contributed by atoms with van der Waals surface area (Å²) in [5.74, 6) is -0.532. The molecular formula is C21H21FN4O4. The largest absolute Gasteiger partial charge is 0.493 e. The minimum atomic E-state index is -0.523. The molecule has 0 atom stereocenters. The molecule has 3 aromatic rings. The fourth-order valence-electron chi connectivity index (χ4n) is 3.03. The summed E-state index contributed by atoms with van der Waals surface area (Å²) < 4.78 is 25.0. The first-order valence-electron chi connectivity index (χ1n) is 9.00. The quantitative estimate of drug-likeness (QED) is 0.629. The van der Waals surface area contributed by atoms with Crippen LogP contribution in [0.15, 0.2) is 42.5 Å². The van der Waals surface area contributed by atoms with Crippen LogP contribution in [0.4, 0.5) is 4.39 Å². The highest BCUT2D eigenvalue weighted by molar-refractivity contribution is 6.00. The van der Waals surface area contributed by atoms with Crippen molar-refractivity contribution in [1.82, 2.24) is 20.6 Å². The number of amides is 2. The standard InChI is InChI=1S/C21H21FN4O4/c1-12-19(13(2)26(25-12)16-8-6-15(22)7-9-16)21(28)24-23-20(27)14-5-10-17(29-3)18(11-14)30-4/h5-11H,1-4H3,(H,23,27)(H,24,28). The molecule has 156 valence electrons. The Balaban J connectivity index is 1.75. The average molecular weight is 412 g/mol. The molecule has 2 amide bonds. The molecule has 0 aliphatic heterocycles. The first-order chi connectivity index (χ1) is 14.3. The number of carbonyl (C=O) groups excluding carboxylic acids is 2. The van der Waals surface area contributed by atoms with Crippen LogP contribution < -0.4 is 20.3 Å². The van der Waals surface area contributed by atoms with E-state index in [2.05, 4.69) is 16.0 Å². The summed E-state index contributed by atoms with van der Waals surface area (Å²) in [5.41, 5.74) is 7.00. The molecule has 3 rings (SSSR count). The van der Waals surface area contributed by atoms with Gasteiger partial charge in [-0.3, -0.25) is 20.4 Å². The molecule has 0 radical (unpaired) electrons. The van der Waals surface area contributed by atoms with E-state index in [-0.39, 0.29) is 11.4 Å². The topological polar surface area (TPSA) is 94.5 Å². The van der Waals surface area contributed by atoms with Crippen molar-refractivity contribution in [3.05, 3.63) is 70.8 Å². The van der Waals surface area contributed by atoms with Crippen LogP contribution in [-0.4, -0.2) is 35.8 Å². The second kappa shape index (κ2) is 8.64. The normalized spacial score (nSPS) is 10.4. The summed E-state index contributed by atoms with van der Waals surface area (Å²) in [4.78, 5) is 25.1. The highest BCUT2D eigenvalue weighted by Gasteiger charge is 2.20. The Bertz CT molecular complexity index is 1090. The smallest absolute Gasteiger partial charge is 0.273 e. The summed E-state index contributed by atoms with van der Waals surface area (Å²) in [6.45, 7) is 3.40. The molecule has 2 N–H and O–H groups in total. The van der Waals surface area contributed by atoms with Gasteiger partial charge in [-0.2, -0.15) is 5.10 Å². The second-order valence-electron chi connectivity index (χ2n) is 6.41. The number of aryl methyl sites for hydroxylation is 1. The number of nitrogens with zero attached hydrogens (tertiary/aromatic N) is 2. The lowest BCUT2D eigenvalue weighted by atomic mass is 10.2. The van der Waals surface area contributed by atoms with Gasteiger partial charge in [-0.25, -0.2) is 9.07 Å². The molecule has 0 saturated carbocycles. The fourth-order valence-corrected chi connectivity index (χ4v) is 3.03. The van der Waals surface area contributed by atoms with Crippen LogP contribution in [0.25, 0.3) is 5.69 Å². The van der Waals surface area contributed by atoms with E-state index >= 15 is 0 Å². The summed E-state index contributed by atoms with van der Waals surface area (Å²) in [7, 11) is 2.96. The van der Waals surface area contributed by atoms with Gasteiger partial charge < -0.3 is 9.47 Å². The van der Waals surface area contributed by atoms with Crippen LogP contribution >= 0.6 is 0 Å². The van der Waals surface area contributed by atoms with Gasteiger partial charge in [-0.15, -0.1) is 0 Å². The molecule has 0 spiro atoms. The maximum absolute atomic E-state index is 13.2. The SMILES string of the molecule is COc1ccc(C(=O)NNC(=O)c2c(C)nn(-c3ccc(F)cc3)c2C)cc1OC. The Morgan fingerprint density at radius 1 is 0.933 bits per heavy atom. The zero-order chi connectivity index (χ0) is 21.8. The van der Waals surface area contributed by atoms with Crippen molar-refractivity contribution in [1.29, 1.82) is 0 Å². The molecule has 2 aromatic carbocycles. The van der Waals surface area contributed by atoms with Gasteiger partial charge in [0.2, 0.25) is 0 Å². The van der Waals surface area contributed by atoms with Gasteiger partial charge in [-0.05, 0) is 56.3 Å². The molecule has 0 aliphatic rings. The molecule has 0 unspecified atom stereocenters.